The van der Waals surface area contributed by atoms with E-state index in [1.165, 1.54) is 12.8 Å². The second-order valence-electron chi connectivity index (χ2n) is 6.68. The Morgan fingerprint density at radius 1 is 1.20 bits per heavy atom. The maximum absolute atomic E-state index is 15.7. The number of alkyl halides is 1. The van der Waals surface area contributed by atoms with Crippen LogP contribution in [0, 0.1) is 11.8 Å². The smallest absolute Gasteiger partial charge is 0.142 e. The summed E-state index contributed by atoms with van der Waals surface area (Å²) in [6, 6.07) is 5.84. The number of aromatic amines is 1. The number of rotatable bonds is 4. The quantitative estimate of drug-likeness (QED) is 0.842. The molecule has 3 rings (SSSR count). The van der Waals surface area contributed by atoms with Gasteiger partial charge in [-0.1, -0.05) is 39.8 Å². The van der Waals surface area contributed by atoms with Crippen molar-refractivity contribution >= 4 is 11.0 Å². The number of imidazole rings is 1. The molecule has 20 heavy (non-hydrogen) atoms. The van der Waals surface area contributed by atoms with E-state index in [4.69, 9.17) is 4.98 Å². The van der Waals surface area contributed by atoms with Gasteiger partial charge in [-0.05, 0) is 30.7 Å². The first-order valence-corrected chi connectivity index (χ1v) is 7.62. The Labute approximate surface area is 119 Å². The van der Waals surface area contributed by atoms with Crippen molar-refractivity contribution in [3.8, 4) is 0 Å². The molecule has 0 bridgehead atoms. The van der Waals surface area contributed by atoms with Crippen LogP contribution in [0.2, 0.25) is 0 Å². The Morgan fingerprint density at radius 2 is 1.85 bits per heavy atom. The summed E-state index contributed by atoms with van der Waals surface area (Å²) in [6.45, 7) is 7.81. The Hall–Kier alpha value is -1.38. The SMILES string of the molecule is CC(C)C(F)(c1cccc2[nH]c(C3CC3)nc12)C(C)C. The fourth-order valence-electron chi connectivity index (χ4n) is 3.20. The van der Waals surface area contributed by atoms with E-state index in [1.54, 1.807) is 0 Å². The fourth-order valence-corrected chi connectivity index (χ4v) is 3.20. The molecule has 1 N–H and O–H groups in total. The molecule has 2 aromatic rings. The molecule has 1 aromatic heterocycles. The number of benzene rings is 1. The average Bonchev–Trinajstić information content (AvgIpc) is 3.16. The molecule has 1 heterocycles. The van der Waals surface area contributed by atoms with E-state index >= 15 is 4.39 Å². The van der Waals surface area contributed by atoms with Gasteiger partial charge in [0.2, 0.25) is 0 Å². The van der Waals surface area contributed by atoms with Gasteiger partial charge in [0.05, 0.1) is 11.0 Å². The highest BCUT2D eigenvalue weighted by Gasteiger charge is 2.41. The van der Waals surface area contributed by atoms with E-state index in [9.17, 15) is 0 Å². The van der Waals surface area contributed by atoms with E-state index in [-0.39, 0.29) is 11.8 Å². The van der Waals surface area contributed by atoms with Gasteiger partial charge in [-0.2, -0.15) is 0 Å². The van der Waals surface area contributed by atoms with Crippen LogP contribution >= 0.6 is 0 Å². The summed E-state index contributed by atoms with van der Waals surface area (Å²) in [6.07, 6.45) is 2.40. The van der Waals surface area contributed by atoms with Gasteiger partial charge < -0.3 is 4.98 Å². The molecule has 0 aliphatic heterocycles. The number of halogens is 1. The Morgan fingerprint density at radius 3 is 2.40 bits per heavy atom. The number of H-pyrrole nitrogens is 1. The molecule has 0 radical (unpaired) electrons. The average molecular weight is 274 g/mol. The lowest BCUT2D eigenvalue weighted by Gasteiger charge is -2.34. The predicted molar refractivity (Wildman–Crippen MR) is 80.5 cm³/mol. The summed E-state index contributed by atoms with van der Waals surface area (Å²) in [4.78, 5) is 8.08. The molecule has 2 nitrogen and oxygen atoms in total. The molecule has 0 saturated heterocycles. The predicted octanol–water partition coefficient (Wildman–Crippen LogP) is 4.92. The van der Waals surface area contributed by atoms with Gasteiger partial charge in [-0.3, -0.25) is 0 Å². The minimum Gasteiger partial charge on any atom is -0.342 e. The summed E-state index contributed by atoms with van der Waals surface area (Å²) >= 11 is 0. The van der Waals surface area contributed by atoms with E-state index in [0.29, 0.717) is 5.92 Å². The first kappa shape index (κ1) is 13.6. The molecule has 108 valence electrons. The largest absolute Gasteiger partial charge is 0.342 e. The highest BCUT2D eigenvalue weighted by Crippen LogP contribution is 2.45. The fraction of sp³-hybridized carbons (Fsp3) is 0.588. The second-order valence-corrected chi connectivity index (χ2v) is 6.68. The molecule has 1 aromatic carbocycles. The monoisotopic (exact) mass is 274 g/mol. The van der Waals surface area contributed by atoms with Crippen LogP contribution in [0.3, 0.4) is 0 Å². The first-order valence-electron chi connectivity index (χ1n) is 7.62. The summed E-state index contributed by atoms with van der Waals surface area (Å²) in [5.74, 6) is 1.44. The zero-order valence-corrected chi connectivity index (χ0v) is 12.7. The number of fused-ring (bicyclic) bond motifs is 1. The third kappa shape index (κ3) is 1.95. The van der Waals surface area contributed by atoms with Crippen LogP contribution in [0.25, 0.3) is 11.0 Å². The van der Waals surface area contributed by atoms with Crippen LogP contribution in [0.5, 0.6) is 0 Å². The normalized spacial score (nSPS) is 16.6. The van der Waals surface area contributed by atoms with E-state index in [1.807, 2.05) is 45.9 Å². The van der Waals surface area contributed by atoms with Gasteiger partial charge in [0.1, 0.15) is 11.5 Å². The van der Waals surface area contributed by atoms with Crippen LogP contribution in [-0.2, 0) is 5.67 Å². The van der Waals surface area contributed by atoms with Crippen molar-refractivity contribution in [3.05, 3.63) is 29.6 Å². The second kappa shape index (κ2) is 4.57. The van der Waals surface area contributed by atoms with Crippen LogP contribution in [0.4, 0.5) is 4.39 Å². The highest BCUT2D eigenvalue weighted by atomic mass is 19.1. The summed E-state index contributed by atoms with van der Waals surface area (Å²) in [5.41, 5.74) is 1.19. The first-order chi connectivity index (χ1) is 9.44. The van der Waals surface area contributed by atoms with E-state index < -0.39 is 5.67 Å². The Balaban J connectivity index is 2.19. The molecule has 0 amide bonds. The third-order valence-corrected chi connectivity index (χ3v) is 4.59. The number of para-hydroxylation sites is 1. The van der Waals surface area contributed by atoms with Crippen molar-refractivity contribution < 1.29 is 4.39 Å². The lowest BCUT2D eigenvalue weighted by Crippen LogP contribution is -2.33. The van der Waals surface area contributed by atoms with Crippen LogP contribution < -0.4 is 0 Å². The molecule has 1 fully saturated rings. The molecular weight excluding hydrogens is 251 g/mol. The number of nitrogens with zero attached hydrogens (tertiary/aromatic N) is 1. The lowest BCUT2D eigenvalue weighted by molar-refractivity contribution is 0.0443. The van der Waals surface area contributed by atoms with E-state index in [2.05, 4.69) is 4.98 Å². The zero-order valence-electron chi connectivity index (χ0n) is 12.7. The van der Waals surface area contributed by atoms with Crippen LogP contribution in [0.1, 0.15) is 57.8 Å². The maximum Gasteiger partial charge on any atom is 0.142 e. The van der Waals surface area contributed by atoms with Crippen molar-refractivity contribution in [1.82, 2.24) is 9.97 Å². The summed E-state index contributed by atoms with van der Waals surface area (Å²) in [7, 11) is 0. The van der Waals surface area contributed by atoms with Crippen LogP contribution in [-0.4, -0.2) is 9.97 Å². The molecule has 0 spiro atoms. The van der Waals surface area contributed by atoms with Crippen molar-refractivity contribution in [2.24, 2.45) is 11.8 Å². The van der Waals surface area contributed by atoms with Crippen molar-refractivity contribution in [2.45, 2.75) is 52.1 Å². The van der Waals surface area contributed by atoms with Crippen molar-refractivity contribution in [3.63, 3.8) is 0 Å². The Bertz CT molecular complexity index is 615. The summed E-state index contributed by atoms with van der Waals surface area (Å²) < 4.78 is 15.7. The van der Waals surface area contributed by atoms with Crippen molar-refractivity contribution in [2.75, 3.05) is 0 Å². The number of aromatic nitrogens is 2. The standard InChI is InChI=1S/C17H23FN2/c1-10(2)17(18,11(3)4)13-6-5-7-14-15(13)20-16(19-14)12-8-9-12/h5-7,10-12H,8-9H2,1-4H3,(H,19,20). The van der Waals surface area contributed by atoms with E-state index in [0.717, 1.165) is 22.4 Å². The molecule has 0 unspecified atom stereocenters. The Kier molecular flexibility index (Phi) is 3.11. The van der Waals surface area contributed by atoms with Gasteiger partial charge in [-0.25, -0.2) is 9.37 Å². The molecule has 1 saturated carbocycles. The summed E-state index contributed by atoms with van der Waals surface area (Å²) in [5, 5.41) is 0. The third-order valence-electron chi connectivity index (χ3n) is 4.59. The minimum atomic E-state index is -1.34. The van der Waals surface area contributed by atoms with Gasteiger partial charge >= 0.3 is 0 Å². The maximum atomic E-state index is 15.7. The molecule has 1 aliphatic rings. The topological polar surface area (TPSA) is 28.7 Å². The van der Waals surface area contributed by atoms with Gasteiger partial charge in [0, 0.05) is 11.5 Å². The molecule has 1 aliphatic carbocycles. The van der Waals surface area contributed by atoms with Gasteiger partial charge in [-0.15, -0.1) is 0 Å². The number of hydrogen-bond donors (Lipinski definition) is 1. The number of nitrogens with one attached hydrogen (secondary N) is 1. The van der Waals surface area contributed by atoms with Crippen molar-refractivity contribution in [1.29, 1.82) is 0 Å². The van der Waals surface area contributed by atoms with Crippen LogP contribution in [0.15, 0.2) is 18.2 Å². The molecular formula is C17H23FN2. The number of hydrogen-bond acceptors (Lipinski definition) is 1. The van der Waals surface area contributed by atoms with Gasteiger partial charge in [0.15, 0.2) is 0 Å². The lowest BCUT2D eigenvalue weighted by atomic mass is 9.76. The highest BCUT2D eigenvalue weighted by molar-refractivity contribution is 5.80. The zero-order chi connectivity index (χ0) is 14.5. The molecule has 3 heteroatoms. The molecule has 0 atom stereocenters. The van der Waals surface area contributed by atoms with Gasteiger partial charge in [0.25, 0.3) is 0 Å². The minimum absolute atomic E-state index is 0.0748.